The molecular formula is C14H20ClN3O3. The van der Waals surface area contributed by atoms with E-state index in [9.17, 15) is 9.59 Å². The maximum Gasteiger partial charge on any atom is 0.255 e. The summed E-state index contributed by atoms with van der Waals surface area (Å²) < 4.78 is 5.19. The van der Waals surface area contributed by atoms with E-state index in [1.165, 1.54) is 0 Å². The number of rotatable bonds is 5. The number of piperidine rings is 1. The lowest BCUT2D eigenvalue weighted by Crippen LogP contribution is -2.43. The summed E-state index contributed by atoms with van der Waals surface area (Å²) in [5.74, 6) is -0.0826. The van der Waals surface area contributed by atoms with Crippen molar-refractivity contribution in [3.05, 3.63) is 24.3 Å². The second-order valence-electron chi connectivity index (χ2n) is 4.77. The summed E-state index contributed by atoms with van der Waals surface area (Å²) in [6.45, 7) is 0.696. The minimum Gasteiger partial charge on any atom is -0.484 e. The molecule has 1 aliphatic rings. The van der Waals surface area contributed by atoms with Gasteiger partial charge in [0.15, 0.2) is 6.61 Å². The first-order valence-corrected chi connectivity index (χ1v) is 6.70. The Morgan fingerprint density at radius 1 is 1.38 bits per heavy atom. The maximum atomic E-state index is 12.1. The highest BCUT2D eigenvalue weighted by molar-refractivity contribution is 5.95. The van der Waals surface area contributed by atoms with Gasteiger partial charge in [-0.1, -0.05) is 12.5 Å². The number of hydrogen-bond donors (Lipinski definition) is 3. The molecule has 0 aromatic heterocycles. The van der Waals surface area contributed by atoms with Crippen LogP contribution in [0.4, 0.5) is 5.69 Å². The molecule has 6 nitrogen and oxygen atoms in total. The lowest BCUT2D eigenvalue weighted by molar-refractivity contribution is -0.120. The van der Waals surface area contributed by atoms with Gasteiger partial charge in [0.1, 0.15) is 5.75 Å². The van der Waals surface area contributed by atoms with E-state index in [4.69, 9.17) is 10.5 Å². The maximum absolute atomic E-state index is 12.1. The van der Waals surface area contributed by atoms with Gasteiger partial charge in [-0.05, 0) is 31.5 Å². The van der Waals surface area contributed by atoms with Crippen LogP contribution in [-0.2, 0) is 9.59 Å². The van der Waals surface area contributed by atoms with Crippen LogP contribution in [-0.4, -0.2) is 31.0 Å². The number of ether oxygens (including phenoxy) is 1. The van der Waals surface area contributed by atoms with Gasteiger partial charge in [-0.15, -0.1) is 12.4 Å². The Morgan fingerprint density at radius 3 is 2.86 bits per heavy atom. The fourth-order valence-electron chi connectivity index (χ4n) is 2.12. The van der Waals surface area contributed by atoms with Gasteiger partial charge in [-0.25, -0.2) is 0 Å². The predicted octanol–water partition coefficient (Wildman–Crippen LogP) is 1.05. The number of carbonyl (C=O) groups excluding carboxylic acids is 2. The summed E-state index contributed by atoms with van der Waals surface area (Å²) in [7, 11) is 0. The van der Waals surface area contributed by atoms with Crippen molar-refractivity contribution < 1.29 is 14.3 Å². The first-order chi connectivity index (χ1) is 9.65. The van der Waals surface area contributed by atoms with Gasteiger partial charge in [0.05, 0.1) is 6.04 Å². The van der Waals surface area contributed by atoms with Crippen LogP contribution < -0.4 is 21.1 Å². The largest absolute Gasteiger partial charge is 0.484 e. The standard InChI is InChI=1S/C14H19N3O3.ClH/c15-13(18)9-20-11-5-3-4-10(8-11)17-14(19)12-6-1-2-7-16-12;/h3-5,8,12,16H,1-2,6-7,9H2,(H2,15,18)(H,17,19);1H/t12-;/m0./s1. The zero-order valence-corrected chi connectivity index (χ0v) is 12.4. The molecule has 1 fully saturated rings. The van der Waals surface area contributed by atoms with Crippen molar-refractivity contribution in [1.82, 2.24) is 5.32 Å². The molecule has 1 aromatic rings. The molecule has 116 valence electrons. The van der Waals surface area contributed by atoms with Crippen molar-refractivity contribution in [2.45, 2.75) is 25.3 Å². The van der Waals surface area contributed by atoms with Crippen LogP contribution in [0.2, 0.25) is 0 Å². The number of anilines is 1. The second-order valence-corrected chi connectivity index (χ2v) is 4.77. The molecule has 0 aliphatic carbocycles. The topological polar surface area (TPSA) is 93.5 Å². The summed E-state index contributed by atoms with van der Waals surface area (Å²) in [5, 5.41) is 6.03. The molecule has 4 N–H and O–H groups in total. The highest BCUT2D eigenvalue weighted by Crippen LogP contribution is 2.18. The molecule has 0 saturated carbocycles. The molecule has 1 saturated heterocycles. The molecule has 1 aromatic carbocycles. The van der Waals surface area contributed by atoms with Crippen molar-refractivity contribution in [2.24, 2.45) is 5.73 Å². The molecular weight excluding hydrogens is 294 g/mol. The van der Waals surface area contributed by atoms with Crippen molar-refractivity contribution in [1.29, 1.82) is 0 Å². The smallest absolute Gasteiger partial charge is 0.255 e. The number of carbonyl (C=O) groups is 2. The van der Waals surface area contributed by atoms with E-state index >= 15 is 0 Å². The molecule has 2 amide bonds. The quantitative estimate of drug-likeness (QED) is 0.757. The van der Waals surface area contributed by atoms with Crippen LogP contribution in [0, 0.1) is 0 Å². The lowest BCUT2D eigenvalue weighted by Gasteiger charge is -2.22. The fourth-order valence-corrected chi connectivity index (χ4v) is 2.12. The number of halogens is 1. The van der Waals surface area contributed by atoms with Crippen LogP contribution in [0.1, 0.15) is 19.3 Å². The Balaban J connectivity index is 0.00000220. The monoisotopic (exact) mass is 313 g/mol. The number of nitrogens with one attached hydrogen (secondary N) is 2. The molecule has 1 aliphatic heterocycles. The first kappa shape index (κ1) is 17.3. The van der Waals surface area contributed by atoms with Gasteiger partial charge in [-0.3, -0.25) is 9.59 Å². The molecule has 7 heteroatoms. The van der Waals surface area contributed by atoms with E-state index in [2.05, 4.69) is 10.6 Å². The Labute approximate surface area is 129 Å². The molecule has 0 unspecified atom stereocenters. The summed E-state index contributed by atoms with van der Waals surface area (Å²) in [5.41, 5.74) is 5.66. The van der Waals surface area contributed by atoms with Gasteiger partial charge < -0.3 is 21.1 Å². The minimum atomic E-state index is -0.536. The summed E-state index contributed by atoms with van der Waals surface area (Å²) in [6, 6.07) is 6.76. The van der Waals surface area contributed by atoms with Gasteiger partial charge >= 0.3 is 0 Å². The summed E-state index contributed by atoms with van der Waals surface area (Å²) in [4.78, 5) is 22.7. The number of benzene rings is 1. The van der Waals surface area contributed by atoms with Crippen molar-refractivity contribution in [3.8, 4) is 5.75 Å². The van der Waals surface area contributed by atoms with Crippen LogP contribution in [0.5, 0.6) is 5.75 Å². The van der Waals surface area contributed by atoms with Crippen molar-refractivity contribution in [3.63, 3.8) is 0 Å². The van der Waals surface area contributed by atoms with Gasteiger partial charge in [0.25, 0.3) is 5.91 Å². The summed E-state index contributed by atoms with van der Waals surface area (Å²) >= 11 is 0. The van der Waals surface area contributed by atoms with E-state index in [-0.39, 0.29) is 31.0 Å². The zero-order chi connectivity index (χ0) is 14.4. The normalized spacial score (nSPS) is 17.4. The summed E-state index contributed by atoms with van der Waals surface area (Å²) in [6.07, 6.45) is 3.02. The molecule has 0 bridgehead atoms. The molecule has 2 rings (SSSR count). The highest BCUT2D eigenvalue weighted by atomic mass is 35.5. The molecule has 1 heterocycles. The Bertz CT molecular complexity index is 490. The Morgan fingerprint density at radius 2 is 2.19 bits per heavy atom. The van der Waals surface area contributed by atoms with Gasteiger partial charge in [0.2, 0.25) is 5.91 Å². The van der Waals surface area contributed by atoms with E-state index in [1.807, 2.05) is 0 Å². The average molecular weight is 314 g/mol. The highest BCUT2D eigenvalue weighted by Gasteiger charge is 2.20. The van der Waals surface area contributed by atoms with E-state index < -0.39 is 5.91 Å². The number of hydrogen-bond acceptors (Lipinski definition) is 4. The van der Waals surface area contributed by atoms with Crippen LogP contribution in [0.25, 0.3) is 0 Å². The number of primary amides is 1. The molecule has 21 heavy (non-hydrogen) atoms. The third-order valence-corrected chi connectivity index (χ3v) is 3.11. The third kappa shape index (κ3) is 5.61. The van der Waals surface area contributed by atoms with Gasteiger partial charge in [0, 0.05) is 11.8 Å². The van der Waals surface area contributed by atoms with E-state index in [1.54, 1.807) is 24.3 Å². The number of amides is 2. The minimum absolute atomic E-state index is 0. The van der Waals surface area contributed by atoms with Crippen molar-refractivity contribution >= 4 is 29.9 Å². The predicted molar refractivity (Wildman–Crippen MR) is 82.7 cm³/mol. The van der Waals surface area contributed by atoms with Crippen LogP contribution in [0.15, 0.2) is 24.3 Å². The molecule has 0 radical (unpaired) electrons. The first-order valence-electron chi connectivity index (χ1n) is 6.70. The SMILES string of the molecule is Cl.NC(=O)COc1cccc(NC(=O)[C@@H]2CCCCN2)c1. The second kappa shape index (κ2) is 8.49. The number of nitrogens with two attached hydrogens (primary N) is 1. The van der Waals surface area contributed by atoms with E-state index in [0.717, 1.165) is 25.8 Å². The fraction of sp³-hybridized carbons (Fsp3) is 0.429. The lowest BCUT2D eigenvalue weighted by atomic mass is 10.0. The van der Waals surface area contributed by atoms with E-state index in [0.29, 0.717) is 11.4 Å². The van der Waals surface area contributed by atoms with Crippen LogP contribution in [0.3, 0.4) is 0 Å². The Kier molecular flexibility index (Phi) is 6.98. The third-order valence-electron chi connectivity index (χ3n) is 3.11. The Hall–Kier alpha value is -1.79. The molecule has 0 spiro atoms. The molecule has 1 atom stereocenters. The van der Waals surface area contributed by atoms with Crippen molar-refractivity contribution in [2.75, 3.05) is 18.5 Å². The van der Waals surface area contributed by atoms with Crippen LogP contribution >= 0.6 is 12.4 Å². The average Bonchev–Trinajstić information content (AvgIpc) is 2.46. The zero-order valence-electron chi connectivity index (χ0n) is 11.6. The van der Waals surface area contributed by atoms with Gasteiger partial charge in [-0.2, -0.15) is 0 Å².